The van der Waals surface area contributed by atoms with Gasteiger partial charge >= 0.3 is 0 Å². The molecule has 0 radical (unpaired) electrons. The highest BCUT2D eigenvalue weighted by Gasteiger charge is 1.96. The zero-order valence-corrected chi connectivity index (χ0v) is 8.38. The van der Waals surface area contributed by atoms with Gasteiger partial charge < -0.3 is 5.43 Å². The molecule has 0 amide bonds. The van der Waals surface area contributed by atoms with Crippen molar-refractivity contribution < 1.29 is 0 Å². The van der Waals surface area contributed by atoms with Crippen LogP contribution in [-0.2, 0) is 0 Å². The third-order valence-electron chi connectivity index (χ3n) is 1.83. The Morgan fingerprint density at radius 3 is 2.85 bits per heavy atom. The fourth-order valence-corrected chi connectivity index (χ4v) is 1.57. The van der Waals surface area contributed by atoms with E-state index in [9.17, 15) is 0 Å². The van der Waals surface area contributed by atoms with Crippen molar-refractivity contribution in [3.05, 3.63) is 34.9 Å². The summed E-state index contributed by atoms with van der Waals surface area (Å²) in [5.74, 6) is 5.92. The first-order chi connectivity index (χ1) is 6.29. The van der Waals surface area contributed by atoms with Gasteiger partial charge in [-0.05, 0) is 23.6 Å². The lowest BCUT2D eigenvalue weighted by atomic mass is 10.2. The summed E-state index contributed by atoms with van der Waals surface area (Å²) in [7, 11) is 0. The minimum absolute atomic E-state index is 0.676. The molecule has 2 rings (SSSR count). The van der Waals surface area contributed by atoms with E-state index in [1.807, 2.05) is 24.3 Å². The van der Waals surface area contributed by atoms with E-state index in [0.29, 0.717) is 5.82 Å². The maximum atomic E-state index is 5.25. The maximum absolute atomic E-state index is 5.25. The van der Waals surface area contributed by atoms with E-state index < -0.39 is 0 Å². The van der Waals surface area contributed by atoms with Crippen molar-refractivity contribution in [3.8, 4) is 0 Å². The molecule has 0 saturated carbocycles. The minimum atomic E-state index is 0.676. The standard InChI is InChI=1S/C9H8BrN3/c10-8-2-1-6-4-9(13-11)12-5-7(6)3-8/h1-5H,11H2,(H,12,13). The lowest BCUT2D eigenvalue weighted by molar-refractivity contribution is 1.24. The number of hydrogen-bond donors (Lipinski definition) is 2. The summed E-state index contributed by atoms with van der Waals surface area (Å²) in [5.41, 5.74) is 2.51. The number of benzene rings is 1. The fraction of sp³-hybridized carbons (Fsp3) is 0. The number of hydrazine groups is 1. The Hall–Kier alpha value is -1.13. The van der Waals surface area contributed by atoms with Gasteiger partial charge in [0.05, 0.1) is 0 Å². The Bertz CT molecular complexity index is 442. The Morgan fingerprint density at radius 2 is 2.08 bits per heavy atom. The van der Waals surface area contributed by atoms with Crippen LogP contribution in [0.25, 0.3) is 10.8 Å². The van der Waals surface area contributed by atoms with Crippen molar-refractivity contribution in [1.29, 1.82) is 0 Å². The molecule has 0 fully saturated rings. The number of anilines is 1. The zero-order chi connectivity index (χ0) is 9.26. The van der Waals surface area contributed by atoms with Gasteiger partial charge in [-0.2, -0.15) is 0 Å². The van der Waals surface area contributed by atoms with Crippen LogP contribution in [0.2, 0.25) is 0 Å². The van der Waals surface area contributed by atoms with E-state index in [1.54, 1.807) is 6.20 Å². The molecule has 0 aliphatic carbocycles. The lowest BCUT2D eigenvalue weighted by Crippen LogP contribution is -2.07. The smallest absolute Gasteiger partial charge is 0.140 e. The Balaban J connectivity index is 2.66. The van der Waals surface area contributed by atoms with Crippen LogP contribution < -0.4 is 11.3 Å². The van der Waals surface area contributed by atoms with Gasteiger partial charge in [0.25, 0.3) is 0 Å². The van der Waals surface area contributed by atoms with Gasteiger partial charge in [-0.1, -0.05) is 22.0 Å². The van der Waals surface area contributed by atoms with Crippen molar-refractivity contribution in [3.63, 3.8) is 0 Å². The van der Waals surface area contributed by atoms with E-state index >= 15 is 0 Å². The summed E-state index contributed by atoms with van der Waals surface area (Å²) in [4.78, 5) is 4.11. The van der Waals surface area contributed by atoms with Gasteiger partial charge in [-0.3, -0.25) is 0 Å². The van der Waals surface area contributed by atoms with E-state index in [2.05, 4.69) is 26.3 Å². The topological polar surface area (TPSA) is 50.9 Å². The first-order valence-electron chi connectivity index (χ1n) is 3.81. The molecule has 3 N–H and O–H groups in total. The van der Waals surface area contributed by atoms with Crippen LogP contribution in [0.4, 0.5) is 5.82 Å². The van der Waals surface area contributed by atoms with Crippen molar-refractivity contribution in [1.82, 2.24) is 4.98 Å². The first-order valence-corrected chi connectivity index (χ1v) is 4.61. The van der Waals surface area contributed by atoms with Gasteiger partial charge in [0.15, 0.2) is 0 Å². The third kappa shape index (κ3) is 1.64. The predicted octanol–water partition coefficient (Wildman–Crippen LogP) is 2.28. The minimum Gasteiger partial charge on any atom is -0.308 e. The average molecular weight is 238 g/mol. The third-order valence-corrected chi connectivity index (χ3v) is 2.32. The molecule has 0 aliphatic rings. The number of fused-ring (bicyclic) bond motifs is 1. The quantitative estimate of drug-likeness (QED) is 0.591. The van der Waals surface area contributed by atoms with E-state index in [4.69, 9.17) is 5.84 Å². The Labute approximate surface area is 84.1 Å². The molecule has 0 unspecified atom stereocenters. The van der Waals surface area contributed by atoms with E-state index in [0.717, 1.165) is 15.2 Å². The molecule has 0 bridgehead atoms. The molecule has 0 aliphatic heterocycles. The summed E-state index contributed by atoms with van der Waals surface area (Å²) in [6, 6.07) is 7.93. The molecule has 4 heteroatoms. The van der Waals surface area contributed by atoms with Gasteiger partial charge in [0.1, 0.15) is 5.82 Å². The number of aromatic nitrogens is 1. The van der Waals surface area contributed by atoms with Crippen molar-refractivity contribution in [2.75, 3.05) is 5.43 Å². The molecule has 0 spiro atoms. The number of nitrogens with one attached hydrogen (secondary N) is 1. The summed E-state index contributed by atoms with van der Waals surface area (Å²) >= 11 is 3.40. The number of nitrogens with two attached hydrogens (primary N) is 1. The lowest BCUT2D eigenvalue weighted by Gasteiger charge is -2.01. The number of nitrogens with zero attached hydrogens (tertiary/aromatic N) is 1. The number of rotatable bonds is 1. The molecule has 0 atom stereocenters. The number of pyridine rings is 1. The van der Waals surface area contributed by atoms with Crippen LogP contribution in [0.5, 0.6) is 0 Å². The van der Waals surface area contributed by atoms with Gasteiger partial charge in [-0.25, -0.2) is 10.8 Å². The number of halogens is 1. The SMILES string of the molecule is NNc1cc2ccc(Br)cc2cn1. The van der Waals surface area contributed by atoms with Crippen molar-refractivity contribution in [2.24, 2.45) is 5.84 Å². The largest absolute Gasteiger partial charge is 0.308 e. The first kappa shape index (κ1) is 8.47. The van der Waals surface area contributed by atoms with Crippen molar-refractivity contribution in [2.45, 2.75) is 0 Å². The van der Waals surface area contributed by atoms with Crippen molar-refractivity contribution >= 4 is 32.5 Å². The highest BCUT2D eigenvalue weighted by atomic mass is 79.9. The van der Waals surface area contributed by atoms with Crippen LogP contribution in [0.15, 0.2) is 34.9 Å². The second-order valence-electron chi connectivity index (χ2n) is 2.71. The molecule has 0 saturated heterocycles. The zero-order valence-electron chi connectivity index (χ0n) is 6.79. The molecule has 1 heterocycles. The van der Waals surface area contributed by atoms with Crippen LogP contribution in [-0.4, -0.2) is 4.98 Å². The average Bonchev–Trinajstić information content (AvgIpc) is 2.17. The fourth-order valence-electron chi connectivity index (χ4n) is 1.19. The highest BCUT2D eigenvalue weighted by molar-refractivity contribution is 9.10. The molecule has 3 nitrogen and oxygen atoms in total. The second-order valence-corrected chi connectivity index (χ2v) is 3.62. The Kier molecular flexibility index (Phi) is 2.16. The van der Waals surface area contributed by atoms with Gasteiger partial charge in [-0.15, -0.1) is 0 Å². The normalized spacial score (nSPS) is 10.3. The molecule has 13 heavy (non-hydrogen) atoms. The molecule has 66 valence electrons. The van der Waals surface area contributed by atoms with E-state index in [1.165, 1.54) is 0 Å². The monoisotopic (exact) mass is 237 g/mol. The van der Waals surface area contributed by atoms with Crippen LogP contribution in [0, 0.1) is 0 Å². The molecular formula is C9H8BrN3. The van der Waals surface area contributed by atoms with Crippen LogP contribution >= 0.6 is 15.9 Å². The number of hydrogen-bond acceptors (Lipinski definition) is 3. The summed E-state index contributed by atoms with van der Waals surface area (Å²) in [6.45, 7) is 0. The second kappa shape index (κ2) is 3.32. The van der Waals surface area contributed by atoms with Gasteiger partial charge in [0.2, 0.25) is 0 Å². The maximum Gasteiger partial charge on any atom is 0.140 e. The van der Waals surface area contributed by atoms with Crippen LogP contribution in [0.1, 0.15) is 0 Å². The van der Waals surface area contributed by atoms with E-state index in [-0.39, 0.29) is 0 Å². The predicted molar refractivity (Wildman–Crippen MR) is 57.3 cm³/mol. The highest BCUT2D eigenvalue weighted by Crippen LogP contribution is 2.20. The molecular weight excluding hydrogens is 230 g/mol. The summed E-state index contributed by atoms with van der Waals surface area (Å²) in [5, 5.41) is 2.21. The molecule has 1 aromatic heterocycles. The Morgan fingerprint density at radius 1 is 1.23 bits per heavy atom. The molecule has 2 aromatic rings. The number of nitrogen functional groups attached to an aromatic ring is 1. The molecule has 1 aromatic carbocycles. The summed E-state index contributed by atoms with van der Waals surface area (Å²) in [6.07, 6.45) is 1.79. The van der Waals surface area contributed by atoms with Crippen LogP contribution in [0.3, 0.4) is 0 Å². The summed E-state index contributed by atoms with van der Waals surface area (Å²) < 4.78 is 1.05. The van der Waals surface area contributed by atoms with Gasteiger partial charge in [0, 0.05) is 16.1 Å².